The van der Waals surface area contributed by atoms with E-state index in [1.54, 1.807) is 31.3 Å². The summed E-state index contributed by atoms with van der Waals surface area (Å²) in [6.45, 7) is 2.10. The van der Waals surface area contributed by atoms with E-state index in [9.17, 15) is 4.79 Å². The van der Waals surface area contributed by atoms with E-state index in [4.69, 9.17) is 10.00 Å². The van der Waals surface area contributed by atoms with Gasteiger partial charge in [-0.2, -0.15) is 5.26 Å². The number of carbonyl (C=O) groups is 1. The molecule has 1 N–H and O–H groups in total. The van der Waals surface area contributed by atoms with E-state index in [2.05, 4.69) is 11.1 Å². The number of aromatic amines is 1. The lowest BCUT2D eigenvalue weighted by molar-refractivity contribution is 0.0526. The van der Waals surface area contributed by atoms with Crippen LogP contribution in [-0.4, -0.2) is 17.6 Å². The summed E-state index contributed by atoms with van der Waals surface area (Å²) in [5.41, 5.74) is 1.83. The molecule has 4 nitrogen and oxygen atoms in total. The minimum atomic E-state index is -0.366. The van der Waals surface area contributed by atoms with Crippen molar-refractivity contribution in [2.45, 2.75) is 6.92 Å². The van der Waals surface area contributed by atoms with E-state index in [1.807, 2.05) is 0 Å². The number of rotatable bonds is 2. The Hall–Kier alpha value is -2.28. The van der Waals surface area contributed by atoms with Crippen LogP contribution in [0.15, 0.2) is 24.4 Å². The molecule has 1 aromatic carbocycles. The van der Waals surface area contributed by atoms with Crippen molar-refractivity contribution in [3.63, 3.8) is 0 Å². The third-order valence-electron chi connectivity index (χ3n) is 2.31. The highest BCUT2D eigenvalue weighted by Gasteiger charge is 2.09. The summed E-state index contributed by atoms with van der Waals surface area (Å²) >= 11 is 0. The van der Waals surface area contributed by atoms with Gasteiger partial charge in [0.15, 0.2) is 0 Å². The number of hydrogen-bond donors (Lipinski definition) is 1. The fourth-order valence-corrected chi connectivity index (χ4v) is 1.55. The number of fused-ring (bicyclic) bond motifs is 1. The molecule has 0 aliphatic carbocycles. The van der Waals surface area contributed by atoms with Crippen molar-refractivity contribution in [1.29, 1.82) is 5.26 Å². The van der Waals surface area contributed by atoms with Crippen molar-refractivity contribution in [2.75, 3.05) is 6.61 Å². The molecule has 0 radical (unpaired) electrons. The average Bonchev–Trinajstić information content (AvgIpc) is 2.71. The van der Waals surface area contributed by atoms with Crippen LogP contribution in [-0.2, 0) is 4.74 Å². The predicted molar refractivity (Wildman–Crippen MR) is 59.0 cm³/mol. The molecule has 0 bridgehead atoms. The first kappa shape index (κ1) is 10.2. The molecule has 0 saturated carbocycles. The van der Waals surface area contributed by atoms with Crippen molar-refractivity contribution < 1.29 is 9.53 Å². The monoisotopic (exact) mass is 214 g/mol. The number of ether oxygens (including phenoxy) is 1. The molecule has 1 heterocycles. The number of aromatic nitrogens is 1. The highest BCUT2D eigenvalue weighted by molar-refractivity contribution is 5.96. The van der Waals surface area contributed by atoms with Gasteiger partial charge < -0.3 is 9.72 Å². The highest BCUT2D eigenvalue weighted by Crippen LogP contribution is 2.19. The first-order chi connectivity index (χ1) is 7.76. The van der Waals surface area contributed by atoms with Crippen molar-refractivity contribution in [2.24, 2.45) is 0 Å². The Morgan fingerprint density at radius 1 is 1.56 bits per heavy atom. The second-order valence-electron chi connectivity index (χ2n) is 3.29. The van der Waals surface area contributed by atoms with Crippen LogP contribution in [0.1, 0.15) is 22.8 Å². The SMILES string of the molecule is CCOC(=O)c1ccc2[nH]cc(C#N)c2c1. The number of nitrogens with one attached hydrogen (secondary N) is 1. The predicted octanol–water partition coefficient (Wildman–Crippen LogP) is 2.22. The average molecular weight is 214 g/mol. The maximum atomic E-state index is 11.5. The normalized spacial score (nSPS) is 10.0. The smallest absolute Gasteiger partial charge is 0.338 e. The fraction of sp³-hybridized carbons (Fsp3) is 0.167. The molecule has 0 spiro atoms. The van der Waals surface area contributed by atoms with E-state index in [0.29, 0.717) is 17.7 Å². The molecule has 0 aliphatic heterocycles. The van der Waals surface area contributed by atoms with Crippen LogP contribution in [0, 0.1) is 11.3 Å². The molecule has 16 heavy (non-hydrogen) atoms. The van der Waals surface area contributed by atoms with Crippen molar-refractivity contribution >= 4 is 16.9 Å². The van der Waals surface area contributed by atoms with Gasteiger partial charge in [-0.1, -0.05) is 0 Å². The zero-order valence-electron chi connectivity index (χ0n) is 8.78. The van der Waals surface area contributed by atoms with E-state index in [-0.39, 0.29) is 5.97 Å². The van der Waals surface area contributed by atoms with Gasteiger partial charge >= 0.3 is 5.97 Å². The lowest BCUT2D eigenvalue weighted by Gasteiger charge is -2.01. The maximum Gasteiger partial charge on any atom is 0.338 e. The van der Waals surface area contributed by atoms with Crippen LogP contribution >= 0.6 is 0 Å². The Bertz CT molecular complexity index is 578. The Morgan fingerprint density at radius 3 is 3.06 bits per heavy atom. The minimum Gasteiger partial charge on any atom is -0.462 e. The standard InChI is InChI=1S/C12H10N2O2/c1-2-16-12(15)8-3-4-11-10(5-8)9(6-13)7-14-11/h3-5,7,14H,2H2,1H3. The maximum absolute atomic E-state index is 11.5. The second-order valence-corrected chi connectivity index (χ2v) is 3.29. The number of nitriles is 1. The summed E-state index contributed by atoms with van der Waals surface area (Å²) in [5, 5.41) is 9.61. The first-order valence-electron chi connectivity index (χ1n) is 4.94. The lowest BCUT2D eigenvalue weighted by Crippen LogP contribution is -2.04. The van der Waals surface area contributed by atoms with Crippen LogP contribution < -0.4 is 0 Å². The van der Waals surface area contributed by atoms with Crippen LogP contribution in [0.25, 0.3) is 10.9 Å². The van der Waals surface area contributed by atoms with Gasteiger partial charge in [0, 0.05) is 17.1 Å². The number of nitrogens with zero attached hydrogens (tertiary/aromatic N) is 1. The highest BCUT2D eigenvalue weighted by atomic mass is 16.5. The largest absolute Gasteiger partial charge is 0.462 e. The van der Waals surface area contributed by atoms with E-state index in [0.717, 1.165) is 10.9 Å². The van der Waals surface area contributed by atoms with Crippen molar-refractivity contribution in [3.05, 3.63) is 35.5 Å². The molecule has 2 rings (SSSR count). The van der Waals surface area contributed by atoms with Crippen LogP contribution in [0.4, 0.5) is 0 Å². The molecule has 1 aromatic heterocycles. The molecule has 0 unspecified atom stereocenters. The van der Waals surface area contributed by atoms with Gasteiger partial charge in [0.25, 0.3) is 0 Å². The van der Waals surface area contributed by atoms with Crippen LogP contribution in [0.2, 0.25) is 0 Å². The molecule has 4 heteroatoms. The number of hydrogen-bond acceptors (Lipinski definition) is 3. The minimum absolute atomic E-state index is 0.342. The van der Waals surface area contributed by atoms with Crippen molar-refractivity contribution in [1.82, 2.24) is 4.98 Å². The van der Waals surface area contributed by atoms with Gasteiger partial charge in [0.1, 0.15) is 6.07 Å². The summed E-state index contributed by atoms with van der Waals surface area (Å²) in [5.74, 6) is -0.366. The van der Waals surface area contributed by atoms with Gasteiger partial charge in [-0.05, 0) is 25.1 Å². The van der Waals surface area contributed by atoms with Crippen molar-refractivity contribution in [3.8, 4) is 6.07 Å². The van der Waals surface area contributed by atoms with Gasteiger partial charge in [-0.3, -0.25) is 0 Å². The van der Waals surface area contributed by atoms with Gasteiger partial charge in [-0.15, -0.1) is 0 Å². The topological polar surface area (TPSA) is 65.9 Å². The summed E-state index contributed by atoms with van der Waals surface area (Å²) in [4.78, 5) is 14.5. The quantitative estimate of drug-likeness (QED) is 0.779. The Labute approximate surface area is 92.4 Å². The zero-order valence-corrected chi connectivity index (χ0v) is 8.78. The molecule has 0 atom stereocenters. The summed E-state index contributed by atoms with van der Waals surface area (Å²) in [6, 6.07) is 7.18. The number of benzene rings is 1. The lowest BCUT2D eigenvalue weighted by atomic mass is 10.1. The number of esters is 1. The Morgan fingerprint density at radius 2 is 2.38 bits per heavy atom. The third kappa shape index (κ3) is 1.63. The first-order valence-corrected chi connectivity index (χ1v) is 4.94. The molecule has 0 fully saturated rings. The molecular weight excluding hydrogens is 204 g/mol. The number of carbonyl (C=O) groups excluding carboxylic acids is 1. The summed E-state index contributed by atoms with van der Waals surface area (Å²) < 4.78 is 4.89. The van der Waals surface area contributed by atoms with E-state index >= 15 is 0 Å². The number of H-pyrrole nitrogens is 1. The van der Waals surface area contributed by atoms with E-state index in [1.165, 1.54) is 0 Å². The third-order valence-corrected chi connectivity index (χ3v) is 2.31. The molecule has 80 valence electrons. The van der Waals surface area contributed by atoms with Gasteiger partial charge in [-0.25, -0.2) is 4.79 Å². The molecule has 0 aliphatic rings. The Kier molecular flexibility index (Phi) is 2.61. The molecular formula is C12H10N2O2. The molecule has 0 amide bonds. The Balaban J connectivity index is 2.50. The second kappa shape index (κ2) is 4.07. The summed E-state index contributed by atoms with van der Waals surface area (Å²) in [7, 11) is 0. The zero-order chi connectivity index (χ0) is 11.5. The molecule has 0 saturated heterocycles. The summed E-state index contributed by atoms with van der Waals surface area (Å²) in [6.07, 6.45) is 1.62. The van der Waals surface area contributed by atoms with Crippen LogP contribution in [0.5, 0.6) is 0 Å². The molecule has 2 aromatic rings. The van der Waals surface area contributed by atoms with Gasteiger partial charge in [0.05, 0.1) is 17.7 Å². The van der Waals surface area contributed by atoms with Gasteiger partial charge in [0.2, 0.25) is 0 Å². The fourth-order valence-electron chi connectivity index (χ4n) is 1.55. The van der Waals surface area contributed by atoms with Crippen LogP contribution in [0.3, 0.4) is 0 Å². The van der Waals surface area contributed by atoms with E-state index < -0.39 is 0 Å².